The van der Waals surface area contributed by atoms with E-state index in [1.807, 2.05) is 6.08 Å². The highest BCUT2D eigenvalue weighted by molar-refractivity contribution is 5.77. The van der Waals surface area contributed by atoms with Gasteiger partial charge < -0.3 is 20.3 Å². The van der Waals surface area contributed by atoms with Gasteiger partial charge in [0.05, 0.1) is 25.2 Å². The summed E-state index contributed by atoms with van der Waals surface area (Å²) in [6.45, 7) is 6.46. The van der Waals surface area contributed by atoms with E-state index in [0.717, 1.165) is 57.8 Å². The Morgan fingerprint density at radius 2 is 0.791 bits per heavy atom. The van der Waals surface area contributed by atoms with Crippen LogP contribution in [0.1, 0.15) is 303 Å². The van der Waals surface area contributed by atoms with Gasteiger partial charge in [0.15, 0.2) is 0 Å². The molecule has 0 fully saturated rings. The Morgan fingerprint density at radius 3 is 1.19 bits per heavy atom. The molecule has 3 atom stereocenters. The fraction of sp³-hybridized carbons (Fsp3) is 0.836. The number of amides is 1. The van der Waals surface area contributed by atoms with Gasteiger partial charge in [0, 0.05) is 12.8 Å². The number of aliphatic hydroxyl groups excluding tert-OH is 2. The molecule has 3 N–H and O–H groups in total. The van der Waals surface area contributed by atoms with Crippen LogP contribution in [0.3, 0.4) is 0 Å². The number of hydrogen-bond acceptors (Lipinski definition) is 5. The van der Waals surface area contributed by atoms with Crippen molar-refractivity contribution in [2.45, 2.75) is 322 Å². The second-order valence-electron chi connectivity index (χ2n) is 20.1. The molecule has 0 aromatic heterocycles. The minimum Gasteiger partial charge on any atom is -0.461 e. The van der Waals surface area contributed by atoms with Gasteiger partial charge >= 0.3 is 5.97 Å². The zero-order valence-corrected chi connectivity index (χ0v) is 44.8. The minimum atomic E-state index is -0.810. The first kappa shape index (κ1) is 64.8. The molecule has 0 rings (SSSR count). The molecular weight excluding hydrogens is 827 g/mol. The molecule has 0 aliphatic carbocycles. The van der Waals surface area contributed by atoms with Crippen molar-refractivity contribution in [2.75, 3.05) is 6.61 Å². The van der Waals surface area contributed by atoms with Crippen LogP contribution in [-0.4, -0.2) is 46.9 Å². The second-order valence-corrected chi connectivity index (χ2v) is 20.1. The van der Waals surface area contributed by atoms with Gasteiger partial charge in [-0.1, -0.05) is 288 Å². The van der Waals surface area contributed by atoms with Crippen molar-refractivity contribution in [3.05, 3.63) is 48.6 Å². The van der Waals surface area contributed by atoms with E-state index in [4.69, 9.17) is 4.74 Å². The number of nitrogens with one attached hydrogen (secondary N) is 1. The summed E-state index contributed by atoms with van der Waals surface area (Å²) in [5.74, 6) is -0.562. The lowest BCUT2D eigenvalue weighted by Gasteiger charge is -2.24. The highest BCUT2D eigenvalue weighted by Crippen LogP contribution is 2.18. The predicted molar refractivity (Wildman–Crippen MR) is 292 cm³/mol. The van der Waals surface area contributed by atoms with Gasteiger partial charge in [0.2, 0.25) is 5.91 Å². The van der Waals surface area contributed by atoms with Gasteiger partial charge in [-0.05, 0) is 44.9 Å². The van der Waals surface area contributed by atoms with Crippen molar-refractivity contribution in [1.29, 1.82) is 0 Å². The molecular formula is C61H113NO5. The fourth-order valence-corrected chi connectivity index (χ4v) is 8.94. The number of rotatable bonds is 53. The quantitative estimate of drug-likeness (QED) is 0.0321. The van der Waals surface area contributed by atoms with Crippen LogP contribution in [0.2, 0.25) is 0 Å². The molecule has 0 radical (unpaired) electrons. The van der Waals surface area contributed by atoms with Crippen LogP contribution in [-0.2, 0) is 14.3 Å². The molecule has 0 bridgehead atoms. The maximum Gasteiger partial charge on any atom is 0.306 e. The van der Waals surface area contributed by atoms with Crippen molar-refractivity contribution in [2.24, 2.45) is 0 Å². The van der Waals surface area contributed by atoms with Gasteiger partial charge in [-0.15, -0.1) is 0 Å². The van der Waals surface area contributed by atoms with Crippen LogP contribution < -0.4 is 5.32 Å². The van der Waals surface area contributed by atoms with Crippen molar-refractivity contribution in [3.63, 3.8) is 0 Å². The number of allylic oxidation sites excluding steroid dienone is 7. The molecule has 0 aliphatic rings. The van der Waals surface area contributed by atoms with E-state index in [2.05, 4.69) is 68.6 Å². The van der Waals surface area contributed by atoms with Crippen molar-refractivity contribution >= 4 is 11.9 Å². The molecule has 67 heavy (non-hydrogen) atoms. The number of hydrogen-bond donors (Lipinski definition) is 3. The van der Waals surface area contributed by atoms with E-state index in [0.29, 0.717) is 19.3 Å². The summed E-state index contributed by atoms with van der Waals surface area (Å²) in [5, 5.41) is 23.8. The molecule has 3 unspecified atom stereocenters. The minimum absolute atomic E-state index is 0.00499. The first-order valence-corrected chi connectivity index (χ1v) is 29.4. The third-order valence-electron chi connectivity index (χ3n) is 13.4. The summed E-state index contributed by atoms with van der Waals surface area (Å²) in [7, 11) is 0. The highest BCUT2D eigenvalue weighted by Gasteiger charge is 2.23. The molecule has 392 valence electrons. The fourth-order valence-electron chi connectivity index (χ4n) is 8.94. The van der Waals surface area contributed by atoms with Crippen LogP contribution in [0.25, 0.3) is 0 Å². The van der Waals surface area contributed by atoms with Gasteiger partial charge in [-0.2, -0.15) is 0 Å². The van der Waals surface area contributed by atoms with E-state index < -0.39 is 18.2 Å². The first-order valence-electron chi connectivity index (χ1n) is 29.4. The smallest absolute Gasteiger partial charge is 0.306 e. The summed E-state index contributed by atoms with van der Waals surface area (Å²) in [4.78, 5) is 26.2. The highest BCUT2D eigenvalue weighted by atomic mass is 16.5. The molecule has 0 spiro atoms. The normalized spacial score (nSPS) is 13.4. The maximum atomic E-state index is 13.2. The van der Waals surface area contributed by atoms with Gasteiger partial charge in [-0.25, -0.2) is 0 Å². The van der Waals surface area contributed by atoms with Gasteiger partial charge in [-0.3, -0.25) is 9.59 Å². The molecule has 6 heteroatoms. The van der Waals surface area contributed by atoms with E-state index in [1.54, 1.807) is 0 Å². The lowest BCUT2D eigenvalue weighted by Crippen LogP contribution is -2.46. The predicted octanol–water partition coefficient (Wildman–Crippen LogP) is 18.2. The van der Waals surface area contributed by atoms with Crippen LogP contribution in [0.15, 0.2) is 48.6 Å². The first-order chi connectivity index (χ1) is 33.0. The number of unbranched alkanes of at least 4 members (excludes halogenated alkanes) is 34. The van der Waals surface area contributed by atoms with Crippen molar-refractivity contribution in [1.82, 2.24) is 5.32 Å². The topological polar surface area (TPSA) is 95.9 Å². The second kappa shape index (κ2) is 54.8. The Kier molecular flexibility index (Phi) is 53.0. The average molecular weight is 941 g/mol. The van der Waals surface area contributed by atoms with Crippen LogP contribution in [0.4, 0.5) is 0 Å². The maximum absolute atomic E-state index is 13.2. The Bertz CT molecular complexity index is 1150. The molecule has 0 aliphatic heterocycles. The Hall–Kier alpha value is -2.18. The number of esters is 1. The lowest BCUT2D eigenvalue weighted by molar-refractivity contribution is -0.150. The Morgan fingerprint density at radius 1 is 0.448 bits per heavy atom. The molecule has 6 nitrogen and oxygen atoms in total. The molecule has 0 heterocycles. The number of aliphatic hydroxyl groups is 2. The zero-order chi connectivity index (χ0) is 48.8. The van der Waals surface area contributed by atoms with Crippen LogP contribution >= 0.6 is 0 Å². The molecule has 0 saturated heterocycles. The number of carbonyl (C=O) groups excluding carboxylic acids is 2. The summed E-state index contributed by atoms with van der Waals surface area (Å²) < 4.78 is 5.90. The van der Waals surface area contributed by atoms with Crippen molar-refractivity contribution < 1.29 is 24.5 Å². The molecule has 0 aromatic rings. The van der Waals surface area contributed by atoms with E-state index in [-0.39, 0.29) is 24.9 Å². The molecule has 0 aromatic carbocycles. The number of ether oxygens (including phenoxy) is 1. The summed E-state index contributed by atoms with van der Waals surface area (Å²) >= 11 is 0. The molecule has 1 amide bonds. The van der Waals surface area contributed by atoms with Gasteiger partial charge in [0.1, 0.15) is 6.10 Å². The Labute approximate surface area is 416 Å². The number of carbonyl (C=O) groups is 2. The Balaban J connectivity index is 4.60. The van der Waals surface area contributed by atoms with Gasteiger partial charge in [0.25, 0.3) is 0 Å². The SMILES string of the molecule is CCCCC/C=C\C/C=C\C/C=C\C/C=C\CC(CC(=O)NC(CO)C(O)CCCCCCCCCCCCCCCC)OC(=O)CCCCCCCCCCCCCCCCCCCCC. The zero-order valence-electron chi connectivity index (χ0n) is 44.8. The van der Waals surface area contributed by atoms with Crippen LogP contribution in [0.5, 0.6) is 0 Å². The van der Waals surface area contributed by atoms with E-state index >= 15 is 0 Å². The van der Waals surface area contributed by atoms with E-state index in [1.165, 1.54) is 199 Å². The summed E-state index contributed by atoms with van der Waals surface area (Å²) in [6, 6.07) is -0.730. The average Bonchev–Trinajstić information content (AvgIpc) is 3.32. The monoisotopic (exact) mass is 940 g/mol. The summed E-state index contributed by atoms with van der Waals surface area (Å²) in [5.41, 5.74) is 0. The third kappa shape index (κ3) is 50.0. The molecule has 0 saturated carbocycles. The third-order valence-corrected chi connectivity index (χ3v) is 13.4. The van der Waals surface area contributed by atoms with Crippen LogP contribution in [0, 0.1) is 0 Å². The van der Waals surface area contributed by atoms with E-state index in [9.17, 15) is 19.8 Å². The summed E-state index contributed by atoms with van der Waals surface area (Å²) in [6.07, 6.45) is 67.7. The lowest BCUT2D eigenvalue weighted by atomic mass is 10.0. The largest absolute Gasteiger partial charge is 0.461 e. The standard InChI is InChI=1S/C61H113NO5/c1-4-7-10-13-16-19-22-25-28-29-30-31-33-36-39-42-45-48-51-54-61(66)67-57(52-49-46-43-40-37-34-32-26-23-20-17-14-11-8-5-2)55-60(65)62-58(56-63)59(64)53-50-47-44-41-38-35-27-24-21-18-15-12-9-6-3/h17,20,26,32,37,40,46,49,57-59,63-64H,4-16,18-19,21-25,27-31,33-36,38-39,41-45,47-48,50-56H2,1-3H3,(H,62,65)/b20-17-,32-26-,40-37-,49-46-. The van der Waals surface area contributed by atoms with Crippen molar-refractivity contribution in [3.8, 4) is 0 Å².